The molecule has 1 fully saturated rings. The maximum Gasteiger partial charge on any atom is 0.349 e. The molecular weight excluding hydrogens is 328 g/mol. The quantitative estimate of drug-likeness (QED) is 0.731. The number of nitrogens with zero attached hydrogens (tertiary/aromatic N) is 1. The molecule has 5 nitrogen and oxygen atoms in total. The van der Waals surface area contributed by atoms with Crippen molar-refractivity contribution >= 4 is 22.6 Å². The van der Waals surface area contributed by atoms with Crippen LogP contribution in [0.2, 0.25) is 0 Å². The van der Waals surface area contributed by atoms with Crippen LogP contribution in [0.25, 0.3) is 11.0 Å². The summed E-state index contributed by atoms with van der Waals surface area (Å²) in [5.74, 6) is -0.461. The number of para-hydroxylation sites is 1. The monoisotopic (exact) mass is 348 g/mol. The molecule has 26 heavy (non-hydrogen) atoms. The van der Waals surface area contributed by atoms with Crippen molar-refractivity contribution < 1.29 is 9.21 Å². The van der Waals surface area contributed by atoms with Crippen molar-refractivity contribution in [2.45, 2.75) is 19.4 Å². The van der Waals surface area contributed by atoms with Gasteiger partial charge in [-0.2, -0.15) is 0 Å². The van der Waals surface area contributed by atoms with Crippen molar-refractivity contribution in [3.63, 3.8) is 0 Å². The summed E-state index contributed by atoms with van der Waals surface area (Å²) in [6.07, 6.45) is 2.48. The van der Waals surface area contributed by atoms with E-state index >= 15 is 0 Å². The third kappa shape index (κ3) is 3.53. The Hall–Kier alpha value is -2.92. The van der Waals surface area contributed by atoms with E-state index in [1.165, 1.54) is 12.8 Å². The van der Waals surface area contributed by atoms with Gasteiger partial charge in [-0.1, -0.05) is 24.3 Å². The molecule has 0 aliphatic carbocycles. The van der Waals surface area contributed by atoms with E-state index in [9.17, 15) is 9.59 Å². The molecule has 0 bridgehead atoms. The minimum Gasteiger partial charge on any atom is -0.422 e. The molecule has 5 heteroatoms. The molecule has 132 valence electrons. The third-order valence-corrected chi connectivity index (χ3v) is 4.68. The van der Waals surface area contributed by atoms with Crippen molar-refractivity contribution in [2.75, 3.05) is 18.4 Å². The van der Waals surface area contributed by atoms with Gasteiger partial charge >= 0.3 is 5.63 Å². The lowest BCUT2D eigenvalue weighted by atomic mass is 10.1. The maximum absolute atomic E-state index is 12.5. The summed E-state index contributed by atoms with van der Waals surface area (Å²) in [6, 6.07) is 16.5. The number of anilines is 1. The van der Waals surface area contributed by atoms with Crippen LogP contribution in [0.4, 0.5) is 5.69 Å². The number of benzene rings is 2. The van der Waals surface area contributed by atoms with E-state index in [0.29, 0.717) is 11.3 Å². The lowest BCUT2D eigenvalue weighted by molar-refractivity contribution is 0.102. The molecule has 4 rings (SSSR count). The molecule has 0 radical (unpaired) electrons. The molecule has 2 heterocycles. The second-order valence-corrected chi connectivity index (χ2v) is 6.62. The Bertz CT molecular complexity index is 989. The molecule has 0 saturated carbocycles. The van der Waals surface area contributed by atoms with E-state index < -0.39 is 11.5 Å². The van der Waals surface area contributed by atoms with Crippen LogP contribution in [0.5, 0.6) is 0 Å². The third-order valence-electron chi connectivity index (χ3n) is 4.68. The minimum absolute atomic E-state index is 0.0136. The Morgan fingerprint density at radius 1 is 1.04 bits per heavy atom. The van der Waals surface area contributed by atoms with Crippen LogP contribution in [0.3, 0.4) is 0 Å². The fourth-order valence-electron chi connectivity index (χ4n) is 3.35. The fraction of sp³-hybridized carbons (Fsp3) is 0.238. The number of nitrogens with one attached hydrogen (secondary N) is 1. The van der Waals surface area contributed by atoms with Crippen molar-refractivity contribution in [2.24, 2.45) is 0 Å². The Morgan fingerprint density at radius 2 is 1.81 bits per heavy atom. The Kier molecular flexibility index (Phi) is 4.54. The summed E-state index contributed by atoms with van der Waals surface area (Å²) in [5, 5.41) is 3.49. The first-order valence-corrected chi connectivity index (χ1v) is 8.84. The summed E-state index contributed by atoms with van der Waals surface area (Å²) >= 11 is 0. The van der Waals surface area contributed by atoms with E-state index in [0.717, 1.165) is 30.6 Å². The van der Waals surface area contributed by atoms with Gasteiger partial charge in [0.05, 0.1) is 0 Å². The zero-order valence-corrected chi connectivity index (χ0v) is 14.4. The first-order chi connectivity index (χ1) is 12.7. The van der Waals surface area contributed by atoms with Crippen molar-refractivity contribution in [1.29, 1.82) is 0 Å². The van der Waals surface area contributed by atoms with Gasteiger partial charge in [0.25, 0.3) is 5.91 Å². The first-order valence-electron chi connectivity index (χ1n) is 8.84. The predicted octanol–water partition coefficient (Wildman–Crippen LogP) is 3.64. The van der Waals surface area contributed by atoms with Gasteiger partial charge in [-0.3, -0.25) is 9.69 Å². The van der Waals surface area contributed by atoms with Gasteiger partial charge < -0.3 is 9.73 Å². The van der Waals surface area contributed by atoms with Crippen LogP contribution in [0.1, 0.15) is 28.8 Å². The molecule has 0 spiro atoms. The SMILES string of the molecule is O=C(Nc1ccccc1)c1cc2cc(CN3CCCC3)ccc2oc1=O. The molecular formula is C21H20N2O3. The first kappa shape index (κ1) is 16.5. The topological polar surface area (TPSA) is 62.6 Å². The van der Waals surface area contributed by atoms with Gasteiger partial charge in [-0.15, -0.1) is 0 Å². The normalized spacial score (nSPS) is 14.6. The largest absolute Gasteiger partial charge is 0.422 e. The van der Waals surface area contributed by atoms with Gasteiger partial charge in [0.1, 0.15) is 11.1 Å². The van der Waals surface area contributed by atoms with Crippen LogP contribution in [0, 0.1) is 0 Å². The van der Waals surface area contributed by atoms with Crippen LogP contribution in [0.15, 0.2) is 63.8 Å². The number of rotatable bonds is 4. The van der Waals surface area contributed by atoms with E-state index in [-0.39, 0.29) is 5.56 Å². The molecule has 3 aromatic rings. The predicted molar refractivity (Wildman–Crippen MR) is 101 cm³/mol. The smallest absolute Gasteiger partial charge is 0.349 e. The van der Waals surface area contributed by atoms with Crippen LogP contribution in [-0.4, -0.2) is 23.9 Å². The molecule has 1 saturated heterocycles. The average Bonchev–Trinajstić information content (AvgIpc) is 3.15. The van der Waals surface area contributed by atoms with Crippen molar-refractivity contribution in [1.82, 2.24) is 4.90 Å². The average molecular weight is 348 g/mol. The highest BCUT2D eigenvalue weighted by Crippen LogP contribution is 2.19. The Morgan fingerprint density at radius 3 is 2.58 bits per heavy atom. The van der Waals surface area contributed by atoms with E-state index in [2.05, 4.69) is 10.2 Å². The summed E-state index contributed by atoms with van der Waals surface area (Å²) in [5.41, 5.74) is 1.68. The molecule has 0 atom stereocenters. The van der Waals surface area contributed by atoms with E-state index in [1.54, 1.807) is 24.3 Å². The zero-order valence-electron chi connectivity index (χ0n) is 14.4. The highest BCUT2D eigenvalue weighted by atomic mass is 16.4. The number of carbonyl (C=O) groups excluding carboxylic acids is 1. The summed E-state index contributed by atoms with van der Waals surface area (Å²) < 4.78 is 5.35. The van der Waals surface area contributed by atoms with E-state index in [4.69, 9.17) is 4.42 Å². The fourth-order valence-corrected chi connectivity index (χ4v) is 3.35. The molecule has 1 aliphatic rings. The highest BCUT2D eigenvalue weighted by molar-refractivity contribution is 6.05. The number of hydrogen-bond donors (Lipinski definition) is 1. The Balaban J connectivity index is 1.62. The number of likely N-dealkylation sites (tertiary alicyclic amines) is 1. The van der Waals surface area contributed by atoms with Crippen molar-refractivity contribution in [3.05, 3.63) is 76.1 Å². The summed E-state index contributed by atoms with van der Waals surface area (Å²) in [7, 11) is 0. The summed E-state index contributed by atoms with van der Waals surface area (Å²) in [4.78, 5) is 27.1. The second kappa shape index (κ2) is 7.14. The number of amides is 1. The highest BCUT2D eigenvalue weighted by Gasteiger charge is 2.15. The van der Waals surface area contributed by atoms with Gasteiger partial charge in [0.15, 0.2) is 0 Å². The Labute approximate surface area is 151 Å². The van der Waals surface area contributed by atoms with Gasteiger partial charge in [0.2, 0.25) is 0 Å². The number of carbonyl (C=O) groups is 1. The maximum atomic E-state index is 12.5. The molecule has 1 aromatic heterocycles. The molecule has 0 unspecified atom stereocenters. The minimum atomic E-state index is -0.627. The summed E-state index contributed by atoms with van der Waals surface area (Å²) in [6.45, 7) is 3.11. The number of hydrogen-bond acceptors (Lipinski definition) is 4. The molecule has 1 N–H and O–H groups in total. The van der Waals surface area contributed by atoms with Crippen LogP contribution >= 0.6 is 0 Å². The molecule has 1 amide bonds. The van der Waals surface area contributed by atoms with E-state index in [1.807, 2.05) is 30.3 Å². The van der Waals surface area contributed by atoms with Gasteiger partial charge in [0, 0.05) is 17.6 Å². The van der Waals surface area contributed by atoms with Gasteiger partial charge in [-0.25, -0.2) is 4.79 Å². The molecule has 2 aromatic carbocycles. The van der Waals surface area contributed by atoms with Gasteiger partial charge in [-0.05, 0) is 61.8 Å². The lowest BCUT2D eigenvalue weighted by Crippen LogP contribution is -2.21. The standard InChI is InChI=1S/C21H20N2O3/c24-20(22-17-6-2-1-3-7-17)18-13-16-12-15(14-23-10-4-5-11-23)8-9-19(16)26-21(18)25/h1-3,6-9,12-13H,4-5,10-11,14H2,(H,22,24). The van der Waals surface area contributed by atoms with Crippen LogP contribution < -0.4 is 10.9 Å². The number of fused-ring (bicyclic) bond motifs is 1. The molecule has 1 aliphatic heterocycles. The second-order valence-electron chi connectivity index (χ2n) is 6.62. The zero-order chi connectivity index (χ0) is 17.9. The van der Waals surface area contributed by atoms with Crippen molar-refractivity contribution in [3.8, 4) is 0 Å². The van der Waals surface area contributed by atoms with Crippen LogP contribution in [-0.2, 0) is 6.54 Å². The lowest BCUT2D eigenvalue weighted by Gasteiger charge is -2.14.